The van der Waals surface area contributed by atoms with Crippen molar-refractivity contribution in [2.24, 2.45) is 0 Å². The summed E-state index contributed by atoms with van der Waals surface area (Å²) in [6.07, 6.45) is 6.49. The van der Waals surface area contributed by atoms with Crippen molar-refractivity contribution < 1.29 is 10.0 Å². The lowest BCUT2D eigenvalue weighted by Crippen LogP contribution is -2.33. The lowest BCUT2D eigenvalue weighted by atomic mass is 9.83. The van der Waals surface area contributed by atoms with Crippen LogP contribution in [0.2, 0.25) is 0 Å². The zero-order valence-electron chi connectivity index (χ0n) is 68.0. The van der Waals surface area contributed by atoms with E-state index in [-0.39, 0.29) is 5.59 Å². The normalized spacial score (nSPS) is 11.2. The summed E-state index contributed by atoms with van der Waals surface area (Å²) in [4.78, 5) is 13.1. The maximum atomic E-state index is 9.46. The second-order valence-electron chi connectivity index (χ2n) is 30.7. The number of para-hydroxylation sites is 5. The molecule has 10 nitrogen and oxygen atoms in total. The number of fused-ring (bicyclic) bond motifs is 15. The van der Waals surface area contributed by atoms with Gasteiger partial charge in [-0.05, 0) is 227 Å². The number of pyridine rings is 2. The molecule has 602 valence electrons. The van der Waals surface area contributed by atoms with E-state index in [1.807, 2.05) is 97.1 Å². The van der Waals surface area contributed by atoms with E-state index in [0.717, 1.165) is 70.8 Å². The van der Waals surface area contributed by atoms with Gasteiger partial charge in [-0.25, -0.2) is 4.98 Å². The highest BCUT2D eigenvalue weighted by molar-refractivity contribution is 14.1. The van der Waals surface area contributed by atoms with Crippen molar-refractivity contribution in [3.05, 3.63) is 468 Å². The Labute approximate surface area is 759 Å². The molecule has 16 aromatic carbocycles. The number of nitrogens with one attached hydrogen (secondary N) is 1. The summed E-state index contributed by atoms with van der Waals surface area (Å²) in [5.41, 5.74) is 26.9. The molecule has 0 aliphatic carbocycles. The summed E-state index contributed by atoms with van der Waals surface area (Å²) in [5, 5.41) is 30.1. The van der Waals surface area contributed by atoms with Crippen LogP contribution >= 0.6 is 54.5 Å². The predicted octanol–water partition coefficient (Wildman–Crippen LogP) is 29.0. The molecule has 24 aromatic rings. The minimum atomic E-state index is -1.59. The van der Waals surface area contributed by atoms with Crippen LogP contribution in [0.15, 0.2) is 464 Å². The number of hydrogen-bond acceptors (Lipinski definition) is 4. The Bertz CT molecular complexity index is 7880. The smallest absolute Gasteiger partial charge is 0.422 e. The molecule has 0 unspecified atom stereocenters. The maximum absolute atomic E-state index is 9.46. The van der Waals surface area contributed by atoms with E-state index in [1.54, 1.807) is 6.07 Å². The Kier molecular flexibility index (Phi) is 22.7. The van der Waals surface area contributed by atoms with E-state index in [9.17, 15) is 10.0 Å². The number of H-pyrrole nitrogens is 1. The molecular weight excluding hydrogens is 1790 g/mol. The first-order chi connectivity index (χ1) is 62.1. The molecule has 3 N–H and O–H groups in total. The fraction of sp³-hybridized carbons (Fsp3) is 0. The van der Waals surface area contributed by atoms with Crippen LogP contribution in [0.25, 0.3) is 183 Å². The number of aromatic nitrogens is 8. The highest BCUT2D eigenvalue weighted by Gasteiger charge is 2.23. The number of nitrogens with zero attached hydrogens (tertiary/aromatic N) is 7. The van der Waals surface area contributed by atoms with Crippen molar-refractivity contribution >= 4 is 165 Å². The van der Waals surface area contributed by atoms with Crippen molar-refractivity contribution in [3.8, 4) is 84.5 Å². The van der Waals surface area contributed by atoms with Gasteiger partial charge in [-0.3, -0.25) is 4.98 Å². The van der Waals surface area contributed by atoms with Crippen LogP contribution in [0.4, 0.5) is 0 Å². The zero-order chi connectivity index (χ0) is 85.0. The van der Waals surface area contributed by atoms with E-state index in [1.165, 1.54) is 124 Å². The van der Waals surface area contributed by atoms with Crippen molar-refractivity contribution in [1.29, 1.82) is 0 Å². The Morgan fingerprint density at radius 3 is 1.03 bits per heavy atom. The average Bonchev–Trinajstić information content (AvgIpc) is 1.57. The number of hydrogen-bond donors (Lipinski definition) is 3. The van der Waals surface area contributed by atoms with Crippen molar-refractivity contribution in [2.75, 3.05) is 0 Å². The molecule has 14 heteroatoms. The number of benzene rings is 16. The Hall–Kier alpha value is -14.5. The summed E-state index contributed by atoms with van der Waals surface area (Å²) in [6, 6.07) is 151. The highest BCUT2D eigenvalue weighted by atomic mass is 127. The van der Waals surface area contributed by atoms with Crippen LogP contribution in [0.3, 0.4) is 0 Å². The van der Waals surface area contributed by atoms with Crippen LogP contribution in [-0.4, -0.2) is 55.0 Å². The molecule has 0 saturated carbocycles. The molecule has 8 heterocycles. The van der Waals surface area contributed by atoms with E-state index < -0.39 is 7.12 Å². The van der Waals surface area contributed by atoms with Gasteiger partial charge in [0.25, 0.3) is 0 Å². The zero-order valence-corrected chi connectivity index (χ0v) is 73.4. The Balaban J connectivity index is 0.000000108. The van der Waals surface area contributed by atoms with Crippen LogP contribution < -0.4 is 5.59 Å². The first-order valence-corrected chi connectivity index (χ1v) is 44.4. The molecule has 126 heavy (non-hydrogen) atoms. The Morgan fingerprint density at radius 2 is 0.595 bits per heavy atom. The van der Waals surface area contributed by atoms with Gasteiger partial charge in [-0.15, -0.1) is 0 Å². The summed E-state index contributed by atoms with van der Waals surface area (Å²) < 4.78 is 15.1. The molecule has 0 bridgehead atoms. The maximum Gasteiger partial charge on any atom is 0.508 e. The number of rotatable bonds is 11. The topological polar surface area (TPSA) is 107 Å². The summed E-state index contributed by atoms with van der Waals surface area (Å²) in [6.45, 7) is 0. The van der Waals surface area contributed by atoms with Gasteiger partial charge in [0.05, 0.1) is 66.8 Å². The SMILES string of the molecule is Brc1ccc2[nH]c3c(ccc4c3ccn4-c3ccccc3)c2c1.Brc1ccc2c(c1)c1ccc3c(ccn3-c3ccccc3)c1n2-c1ccccc1.Ic1ccccc1.OB(O)c1cc(-c2ccccc2)cc(-c2ccccc2)n1.c1ccc(-c2cc(-c3ccccc3)nc(-c3ccc4c(c3)c3ccc5c(ccn5-c5ccccc5)c3n4-c3ccccc3)c2)cc1. The summed E-state index contributed by atoms with van der Waals surface area (Å²) >= 11 is 9.50. The second kappa shape index (κ2) is 35.8. The third-order valence-electron chi connectivity index (χ3n) is 23.0. The highest BCUT2D eigenvalue weighted by Crippen LogP contribution is 2.43. The molecule has 0 amide bonds. The van der Waals surface area contributed by atoms with Crippen LogP contribution in [0, 0.1) is 3.57 Å². The molecule has 0 spiro atoms. The minimum Gasteiger partial charge on any atom is -0.422 e. The van der Waals surface area contributed by atoms with Gasteiger partial charge < -0.3 is 37.9 Å². The first kappa shape index (κ1) is 80.0. The Morgan fingerprint density at radius 1 is 0.254 bits per heavy atom. The standard InChI is InChI=1S/C43H29N3.C26H17BrN2.C20H13BrN2.C17H14BNO2.C6H5I/c1-5-13-30(14-6-1)33-28-39(31-15-7-2-8-16-31)44-40(29-33)32-21-23-42-38(27-32)36-22-24-41-37(25-26-45(41)34-17-9-3-10-18-34)43(36)46(42)35-19-11-4-12-20-35;27-18-11-13-25-23(17-18)21-12-14-24-22(15-16-28(24)19-7-3-1-4-8-19)26(21)29(25)20-9-5-2-6-10-20;21-13-6-8-18-17(12-13)15-7-9-19-16(20(15)22-18)10-11-23(19)14-4-2-1-3-5-14;20-18(21)17-12-15(13-7-3-1-4-8-13)11-16(19-17)14-9-5-2-6-10-14;7-6-4-2-1-3-5-6/h1-29H;1-17H;1-12,22H;1-12,20-21H;1-5H. The predicted molar refractivity (Wildman–Crippen MR) is 541 cm³/mol. The van der Waals surface area contributed by atoms with Gasteiger partial charge in [0.15, 0.2) is 0 Å². The number of aromatic amines is 1. The quantitative estimate of drug-likeness (QED) is 0.0886. The average molecular weight is 1870 g/mol. The van der Waals surface area contributed by atoms with Gasteiger partial charge in [0.1, 0.15) is 0 Å². The molecule has 0 atom stereocenters. The van der Waals surface area contributed by atoms with E-state index in [0.29, 0.717) is 0 Å². The molecule has 0 aliphatic heterocycles. The van der Waals surface area contributed by atoms with Gasteiger partial charge in [-0.2, -0.15) is 0 Å². The van der Waals surface area contributed by atoms with E-state index >= 15 is 0 Å². The van der Waals surface area contributed by atoms with Crippen molar-refractivity contribution in [2.45, 2.75) is 0 Å². The number of halogens is 3. The van der Waals surface area contributed by atoms with Crippen molar-refractivity contribution in [1.82, 2.24) is 37.8 Å². The fourth-order valence-electron chi connectivity index (χ4n) is 17.2. The first-order valence-electron chi connectivity index (χ1n) is 41.7. The van der Waals surface area contributed by atoms with Crippen LogP contribution in [-0.2, 0) is 0 Å². The van der Waals surface area contributed by atoms with E-state index in [4.69, 9.17) is 4.98 Å². The van der Waals surface area contributed by atoms with Crippen LogP contribution in [0.1, 0.15) is 0 Å². The van der Waals surface area contributed by atoms with Gasteiger partial charge in [-0.1, -0.05) is 287 Å². The summed E-state index contributed by atoms with van der Waals surface area (Å²) in [5.74, 6) is 0. The van der Waals surface area contributed by atoms with E-state index in [2.05, 4.69) is 439 Å². The minimum absolute atomic E-state index is 0.246. The monoisotopic (exact) mass is 1860 g/mol. The molecule has 0 saturated heterocycles. The third kappa shape index (κ3) is 16.2. The van der Waals surface area contributed by atoms with Crippen molar-refractivity contribution in [3.63, 3.8) is 0 Å². The fourth-order valence-corrected chi connectivity index (χ4v) is 18.3. The molecule has 24 rings (SSSR count). The molecule has 0 fully saturated rings. The lowest BCUT2D eigenvalue weighted by molar-refractivity contribution is 0.424. The van der Waals surface area contributed by atoms with Gasteiger partial charge >= 0.3 is 7.12 Å². The molecule has 0 aliphatic rings. The summed E-state index contributed by atoms with van der Waals surface area (Å²) in [7, 11) is -1.59. The lowest BCUT2D eigenvalue weighted by Gasteiger charge is -2.11. The molecule has 8 aromatic heterocycles. The van der Waals surface area contributed by atoms with Gasteiger partial charge in [0, 0.05) is 130 Å². The second-order valence-corrected chi connectivity index (χ2v) is 33.8. The van der Waals surface area contributed by atoms with Crippen LogP contribution in [0.5, 0.6) is 0 Å². The largest absolute Gasteiger partial charge is 0.508 e. The third-order valence-corrected chi connectivity index (χ3v) is 24.7. The van der Waals surface area contributed by atoms with Gasteiger partial charge in [0.2, 0.25) is 0 Å². The molecular formula is C112H78BBr2IN8O2. The molecule has 0 radical (unpaired) electrons.